The van der Waals surface area contributed by atoms with Gasteiger partial charge >= 0.3 is 0 Å². The van der Waals surface area contributed by atoms with Crippen molar-refractivity contribution in [2.24, 2.45) is 21.3 Å². The second-order valence-electron chi connectivity index (χ2n) is 12.7. The summed E-state index contributed by atoms with van der Waals surface area (Å²) < 4.78 is 6.56. The summed E-state index contributed by atoms with van der Waals surface area (Å²) in [6.07, 6.45) is 19.9. The Balaban J connectivity index is 1.37. The van der Waals surface area contributed by atoms with E-state index in [0.717, 1.165) is 63.3 Å². The van der Waals surface area contributed by atoms with Crippen molar-refractivity contribution < 1.29 is 9.21 Å². The molecule has 7 heterocycles. The average Bonchev–Trinajstić information content (AvgIpc) is 3.24. The number of nitrogens with one attached hydrogen (secondary N) is 2. The van der Waals surface area contributed by atoms with Gasteiger partial charge in [-0.1, -0.05) is 0 Å². The van der Waals surface area contributed by atoms with Crippen molar-refractivity contribution in [3.05, 3.63) is 106 Å². The number of hydrogen-bond acceptors (Lipinski definition) is 7. The molecule has 1 saturated carbocycles. The van der Waals surface area contributed by atoms with Crippen LogP contribution in [0.25, 0.3) is 23.6 Å². The van der Waals surface area contributed by atoms with Crippen molar-refractivity contribution in [3.8, 4) is 11.5 Å². The number of hydrogen-bond donors (Lipinski definition) is 2. The SMILES string of the molecule is Cc1cc(-c2nc(C)c(C34C=CC(=N3)C=c3ccc([nH]3)=CC3=NC(=CC5(C6CC6)NC(=C4)C(C)(C)C5=O)C=C3)o2)ccn1. The highest BCUT2D eigenvalue weighted by Crippen LogP contribution is 2.52. The Morgan fingerprint density at radius 1 is 0.977 bits per heavy atom. The Labute approximate surface area is 249 Å². The fourth-order valence-corrected chi connectivity index (χ4v) is 6.69. The number of allylic oxidation sites excluding steroid dienone is 4. The van der Waals surface area contributed by atoms with Gasteiger partial charge in [0, 0.05) is 33.8 Å². The maximum Gasteiger partial charge on any atom is 0.226 e. The number of aliphatic imine (C=N–C) groups is 2. The first-order valence-electron chi connectivity index (χ1n) is 14.8. The van der Waals surface area contributed by atoms with E-state index in [9.17, 15) is 4.79 Å². The van der Waals surface area contributed by atoms with Crippen LogP contribution < -0.4 is 16.0 Å². The summed E-state index contributed by atoms with van der Waals surface area (Å²) in [5, 5.41) is 5.61. The fraction of sp³-hybridized carbons (Fsp3) is 0.286. The molecule has 43 heavy (non-hydrogen) atoms. The normalized spacial score (nSPS) is 26.7. The molecule has 8 nitrogen and oxygen atoms in total. The quantitative estimate of drug-likeness (QED) is 0.490. The Bertz CT molecular complexity index is 2040. The van der Waals surface area contributed by atoms with E-state index in [1.807, 2.05) is 94.5 Å². The van der Waals surface area contributed by atoms with E-state index in [0.29, 0.717) is 11.7 Å². The third kappa shape index (κ3) is 4.07. The zero-order chi connectivity index (χ0) is 29.6. The highest BCUT2D eigenvalue weighted by molar-refractivity contribution is 6.20. The van der Waals surface area contributed by atoms with Gasteiger partial charge in [0.15, 0.2) is 17.1 Å². The van der Waals surface area contributed by atoms with Crippen LogP contribution in [0.15, 0.2) is 92.7 Å². The van der Waals surface area contributed by atoms with Crippen LogP contribution in [0.1, 0.15) is 43.8 Å². The molecule has 4 aliphatic heterocycles. The molecule has 2 atom stereocenters. The monoisotopic (exact) mass is 568 g/mol. The number of aromatic amines is 1. The van der Waals surface area contributed by atoms with Gasteiger partial charge in [0.05, 0.1) is 28.2 Å². The molecule has 3 aromatic rings. The maximum atomic E-state index is 14.4. The molecule has 0 spiro atoms. The molecule has 1 saturated heterocycles. The van der Waals surface area contributed by atoms with Gasteiger partial charge in [-0.3, -0.25) is 14.8 Å². The number of rotatable bonds is 3. The molecule has 0 amide bonds. The maximum absolute atomic E-state index is 14.4. The van der Waals surface area contributed by atoms with Gasteiger partial charge in [0.1, 0.15) is 5.54 Å². The van der Waals surface area contributed by atoms with Gasteiger partial charge in [-0.2, -0.15) is 0 Å². The van der Waals surface area contributed by atoms with Gasteiger partial charge in [-0.15, -0.1) is 0 Å². The minimum atomic E-state index is -1.01. The van der Waals surface area contributed by atoms with E-state index in [-0.39, 0.29) is 11.7 Å². The Morgan fingerprint density at radius 3 is 2.53 bits per heavy atom. The fourth-order valence-electron chi connectivity index (χ4n) is 6.69. The molecule has 0 aromatic carbocycles. The van der Waals surface area contributed by atoms with Crippen LogP contribution in [0, 0.1) is 25.2 Å². The van der Waals surface area contributed by atoms with Crippen molar-refractivity contribution in [1.82, 2.24) is 20.3 Å². The van der Waals surface area contributed by atoms with E-state index < -0.39 is 16.5 Å². The average molecular weight is 569 g/mol. The molecule has 1 aliphatic carbocycles. The number of oxazole rings is 1. The Hall–Kier alpha value is -4.85. The van der Waals surface area contributed by atoms with Crippen LogP contribution in [0.4, 0.5) is 0 Å². The molecular weight excluding hydrogens is 536 g/mol. The van der Waals surface area contributed by atoms with Crippen LogP contribution >= 0.6 is 0 Å². The van der Waals surface area contributed by atoms with Gasteiger partial charge < -0.3 is 14.7 Å². The summed E-state index contributed by atoms with van der Waals surface area (Å²) in [5.74, 6) is 1.48. The number of fused-ring (bicyclic) bond motifs is 6. The van der Waals surface area contributed by atoms with E-state index in [1.165, 1.54) is 0 Å². The lowest BCUT2D eigenvalue weighted by molar-refractivity contribution is -0.127. The summed E-state index contributed by atoms with van der Waals surface area (Å²) in [7, 11) is 0. The van der Waals surface area contributed by atoms with Gasteiger partial charge in [-0.25, -0.2) is 9.98 Å². The van der Waals surface area contributed by atoms with Gasteiger partial charge in [-0.05, 0) is 119 Å². The van der Waals surface area contributed by atoms with E-state index >= 15 is 0 Å². The third-order valence-corrected chi connectivity index (χ3v) is 9.07. The van der Waals surface area contributed by atoms with Crippen LogP contribution in [-0.4, -0.2) is 37.7 Å². The summed E-state index contributed by atoms with van der Waals surface area (Å²) in [4.78, 5) is 37.1. The Morgan fingerprint density at radius 2 is 1.77 bits per heavy atom. The molecule has 8 bridgehead atoms. The number of H-pyrrole nitrogens is 1. The minimum Gasteiger partial charge on any atom is -0.438 e. The first-order valence-corrected chi connectivity index (χ1v) is 14.8. The summed E-state index contributed by atoms with van der Waals surface area (Å²) >= 11 is 0. The molecule has 3 aromatic heterocycles. The van der Waals surface area contributed by atoms with Crippen molar-refractivity contribution in [3.63, 3.8) is 0 Å². The number of Topliss-reactive ketones (excluding diaryl/α,β-unsaturated/α-hetero) is 1. The van der Waals surface area contributed by atoms with Crippen LogP contribution in [0.3, 0.4) is 0 Å². The number of aromatic nitrogens is 3. The zero-order valence-corrected chi connectivity index (χ0v) is 24.6. The second-order valence-corrected chi connectivity index (χ2v) is 12.7. The standard InChI is InChI=1S/C35H32N6O2/c1-20-15-22(12-14-36-20)31-37-21(2)30(43-31)34-13-11-27(40-34)17-26-8-7-24(38-26)16-25-9-10-28(39-25)18-35(23-5-6-23)32(42)33(3,4)29(19-34)41-35/h7-19,23,38,41H,5-6H2,1-4H3. The summed E-state index contributed by atoms with van der Waals surface area (Å²) in [6.45, 7) is 7.89. The smallest absolute Gasteiger partial charge is 0.226 e. The molecule has 2 unspecified atom stereocenters. The number of carbonyl (C=O) groups is 1. The summed E-state index contributed by atoms with van der Waals surface area (Å²) in [6, 6.07) is 7.92. The number of ketones is 1. The van der Waals surface area contributed by atoms with Crippen molar-refractivity contribution in [1.29, 1.82) is 0 Å². The molecule has 2 N–H and O–H groups in total. The second kappa shape index (κ2) is 8.83. The predicted molar refractivity (Wildman–Crippen MR) is 167 cm³/mol. The number of pyridine rings is 1. The number of aryl methyl sites for hydroxylation is 2. The first-order chi connectivity index (χ1) is 20.6. The molecule has 8 rings (SSSR count). The van der Waals surface area contributed by atoms with Crippen LogP contribution in [0.2, 0.25) is 0 Å². The first kappa shape index (κ1) is 25.8. The third-order valence-electron chi connectivity index (χ3n) is 9.07. The summed E-state index contributed by atoms with van der Waals surface area (Å²) in [5.41, 5.74) is 3.07. The van der Waals surface area contributed by atoms with E-state index in [1.54, 1.807) is 6.20 Å². The zero-order valence-electron chi connectivity index (χ0n) is 24.6. The highest BCUT2D eigenvalue weighted by Gasteiger charge is 2.61. The number of nitrogens with zero attached hydrogens (tertiary/aromatic N) is 4. The van der Waals surface area contributed by atoms with Crippen molar-refractivity contribution >= 4 is 29.4 Å². The lowest BCUT2D eigenvalue weighted by Gasteiger charge is -2.26. The van der Waals surface area contributed by atoms with Crippen molar-refractivity contribution in [2.45, 2.75) is 51.6 Å². The molecule has 5 aliphatic rings. The molecule has 2 fully saturated rings. The van der Waals surface area contributed by atoms with E-state index in [4.69, 9.17) is 19.4 Å². The largest absolute Gasteiger partial charge is 0.438 e. The number of carbonyl (C=O) groups excluding carboxylic acids is 1. The Kier molecular flexibility index (Phi) is 5.30. The van der Waals surface area contributed by atoms with Gasteiger partial charge in [0.2, 0.25) is 5.89 Å². The molecule has 214 valence electrons. The highest BCUT2D eigenvalue weighted by atomic mass is 16.4. The van der Waals surface area contributed by atoms with E-state index in [2.05, 4.69) is 21.4 Å². The topological polar surface area (TPSA) is 109 Å². The lowest BCUT2D eigenvalue weighted by atomic mass is 9.77. The van der Waals surface area contributed by atoms with Crippen molar-refractivity contribution in [2.75, 3.05) is 0 Å². The molecule has 0 radical (unpaired) electrons. The van der Waals surface area contributed by atoms with Crippen LogP contribution in [0.5, 0.6) is 0 Å². The lowest BCUT2D eigenvalue weighted by Crippen LogP contribution is -2.47. The van der Waals surface area contributed by atoms with Crippen LogP contribution in [-0.2, 0) is 10.3 Å². The molecule has 8 heteroatoms. The minimum absolute atomic E-state index is 0.148. The van der Waals surface area contributed by atoms with Gasteiger partial charge in [0.25, 0.3) is 0 Å². The predicted octanol–water partition coefficient (Wildman–Crippen LogP) is 4.29. The molecular formula is C35H32N6O2.